The lowest BCUT2D eigenvalue weighted by Gasteiger charge is -2.21. The minimum absolute atomic E-state index is 0.116. The molecule has 2 aromatic rings. The molecule has 1 aromatic heterocycles. The van der Waals surface area contributed by atoms with Gasteiger partial charge in [-0.2, -0.15) is 0 Å². The molecule has 1 aliphatic rings. The Bertz CT molecular complexity index is 647. The zero-order valence-electron chi connectivity index (χ0n) is 12.2. The Balaban J connectivity index is 1.86. The summed E-state index contributed by atoms with van der Waals surface area (Å²) in [5.74, 6) is 1.31. The third-order valence-corrected chi connectivity index (χ3v) is 4.14. The second-order valence-electron chi connectivity index (χ2n) is 5.54. The van der Waals surface area contributed by atoms with Crippen LogP contribution in [0.3, 0.4) is 0 Å². The molecule has 0 unspecified atom stereocenters. The average Bonchev–Trinajstić information content (AvgIpc) is 2.90. The maximum Gasteiger partial charge on any atom is 0.214 e. The smallest absolute Gasteiger partial charge is 0.214 e. The highest BCUT2D eigenvalue weighted by Gasteiger charge is 2.22. The predicted molar refractivity (Wildman–Crippen MR) is 86.0 cm³/mol. The minimum Gasteiger partial charge on any atom is -0.321 e. The summed E-state index contributed by atoms with van der Waals surface area (Å²) in [6.07, 6.45) is 0.884. The summed E-state index contributed by atoms with van der Waals surface area (Å²) >= 11 is 1.56. The number of thioether (sulfide) groups is 1. The normalized spacial score (nSPS) is 15.3. The van der Waals surface area contributed by atoms with Crippen LogP contribution in [-0.2, 0) is 0 Å². The van der Waals surface area contributed by atoms with E-state index in [0.29, 0.717) is 5.92 Å². The van der Waals surface area contributed by atoms with E-state index >= 15 is 0 Å². The van der Waals surface area contributed by atoms with E-state index in [1.54, 1.807) is 11.8 Å². The average molecular weight is 301 g/mol. The number of hydrogen-bond acceptors (Lipinski definition) is 5. The van der Waals surface area contributed by atoms with Crippen LogP contribution in [0, 0.1) is 5.92 Å². The maximum absolute atomic E-state index is 6.26. The molecule has 0 radical (unpaired) electrons. The molecular formula is C15H19N5S. The van der Waals surface area contributed by atoms with Crippen LogP contribution < -0.4 is 11.2 Å². The number of benzene rings is 1. The molecular weight excluding hydrogens is 282 g/mol. The van der Waals surface area contributed by atoms with Crippen LogP contribution in [0.2, 0.25) is 0 Å². The fourth-order valence-electron chi connectivity index (χ4n) is 2.32. The molecule has 1 aliphatic heterocycles. The van der Waals surface area contributed by atoms with Crippen molar-refractivity contribution >= 4 is 17.5 Å². The van der Waals surface area contributed by atoms with Gasteiger partial charge >= 0.3 is 0 Å². The summed E-state index contributed by atoms with van der Waals surface area (Å²) in [6.45, 7) is 4.32. The third kappa shape index (κ3) is 2.96. The monoisotopic (exact) mass is 301 g/mol. The van der Waals surface area contributed by atoms with Gasteiger partial charge in [-0.25, -0.2) is 4.68 Å². The number of nitrogens with zero attached hydrogens (tertiary/aromatic N) is 3. The van der Waals surface area contributed by atoms with Crippen LogP contribution in [-0.4, -0.2) is 14.9 Å². The maximum atomic E-state index is 6.26. The first kappa shape index (κ1) is 14.2. The van der Waals surface area contributed by atoms with E-state index < -0.39 is 0 Å². The lowest BCUT2D eigenvalue weighted by atomic mass is 10.0. The van der Waals surface area contributed by atoms with Gasteiger partial charge in [-0.05, 0) is 17.9 Å². The first-order valence-electron chi connectivity index (χ1n) is 7.05. The highest BCUT2D eigenvalue weighted by molar-refractivity contribution is 8.02. The molecule has 3 rings (SSSR count). The zero-order chi connectivity index (χ0) is 14.8. The van der Waals surface area contributed by atoms with Gasteiger partial charge in [0.15, 0.2) is 5.82 Å². The Morgan fingerprint density at radius 2 is 2.00 bits per heavy atom. The van der Waals surface area contributed by atoms with Gasteiger partial charge in [-0.15, -0.1) is 10.2 Å². The Morgan fingerprint density at radius 1 is 1.24 bits per heavy atom. The SMILES string of the molecule is CC(C)C[C@H](N)c1nnc2n1NC(c1ccccc1)=CS2. The number of rotatable bonds is 4. The van der Waals surface area contributed by atoms with Crippen molar-refractivity contribution in [2.24, 2.45) is 11.7 Å². The van der Waals surface area contributed by atoms with E-state index in [1.165, 1.54) is 0 Å². The molecule has 1 aromatic carbocycles. The first-order valence-corrected chi connectivity index (χ1v) is 7.93. The molecule has 0 fully saturated rings. The summed E-state index contributed by atoms with van der Waals surface area (Å²) in [5, 5.41) is 11.3. The standard InChI is InChI=1S/C15H19N5S/c1-10(2)8-12(16)14-17-18-15-20(14)19-13(9-21-15)11-6-4-3-5-7-11/h3-7,9-10,12,19H,8,16H2,1-2H3/t12-/m0/s1. The van der Waals surface area contributed by atoms with Gasteiger partial charge in [-0.3, -0.25) is 5.43 Å². The van der Waals surface area contributed by atoms with Gasteiger partial charge in [0.05, 0.1) is 11.7 Å². The fourth-order valence-corrected chi connectivity index (χ4v) is 3.07. The van der Waals surface area contributed by atoms with E-state index in [-0.39, 0.29) is 6.04 Å². The summed E-state index contributed by atoms with van der Waals surface area (Å²) in [4.78, 5) is 0. The van der Waals surface area contributed by atoms with Crippen LogP contribution in [0.1, 0.15) is 37.7 Å². The summed E-state index contributed by atoms with van der Waals surface area (Å²) in [5.41, 5.74) is 11.8. The Labute approximate surface area is 128 Å². The van der Waals surface area contributed by atoms with Crippen molar-refractivity contribution < 1.29 is 0 Å². The molecule has 5 nitrogen and oxygen atoms in total. The van der Waals surface area contributed by atoms with E-state index in [9.17, 15) is 0 Å². The number of nitrogens with one attached hydrogen (secondary N) is 1. The zero-order valence-corrected chi connectivity index (χ0v) is 13.0. The molecule has 0 saturated heterocycles. The Kier molecular flexibility index (Phi) is 3.98. The van der Waals surface area contributed by atoms with Crippen LogP contribution in [0.15, 0.2) is 40.9 Å². The van der Waals surface area contributed by atoms with Gasteiger partial charge in [0.1, 0.15) is 0 Å². The summed E-state index contributed by atoms with van der Waals surface area (Å²) < 4.78 is 1.90. The number of nitrogens with two attached hydrogens (primary N) is 1. The molecule has 0 amide bonds. The van der Waals surface area contributed by atoms with E-state index in [4.69, 9.17) is 5.73 Å². The topological polar surface area (TPSA) is 68.8 Å². The molecule has 2 heterocycles. The summed E-state index contributed by atoms with van der Waals surface area (Å²) in [7, 11) is 0. The molecule has 21 heavy (non-hydrogen) atoms. The van der Waals surface area contributed by atoms with Crippen LogP contribution >= 0.6 is 11.8 Å². The largest absolute Gasteiger partial charge is 0.321 e. The number of aromatic nitrogens is 3. The first-order chi connectivity index (χ1) is 10.1. The lowest BCUT2D eigenvalue weighted by molar-refractivity contribution is 0.483. The molecule has 1 atom stereocenters. The third-order valence-electron chi connectivity index (χ3n) is 3.31. The van der Waals surface area contributed by atoms with Gasteiger partial charge in [0.25, 0.3) is 0 Å². The second kappa shape index (κ2) is 5.91. The van der Waals surface area contributed by atoms with Crippen molar-refractivity contribution in [2.75, 3.05) is 5.43 Å². The van der Waals surface area contributed by atoms with Crippen molar-refractivity contribution in [1.29, 1.82) is 0 Å². The van der Waals surface area contributed by atoms with Crippen molar-refractivity contribution in [1.82, 2.24) is 14.9 Å². The molecule has 0 saturated carbocycles. The van der Waals surface area contributed by atoms with Crippen molar-refractivity contribution in [2.45, 2.75) is 31.5 Å². The van der Waals surface area contributed by atoms with Crippen molar-refractivity contribution in [3.63, 3.8) is 0 Å². The second-order valence-corrected chi connectivity index (χ2v) is 6.38. The molecule has 0 bridgehead atoms. The Morgan fingerprint density at radius 3 is 2.71 bits per heavy atom. The number of fused-ring (bicyclic) bond motifs is 1. The quantitative estimate of drug-likeness (QED) is 0.908. The van der Waals surface area contributed by atoms with Gasteiger partial charge in [0.2, 0.25) is 5.16 Å². The van der Waals surface area contributed by atoms with Crippen LogP contribution in [0.25, 0.3) is 5.70 Å². The van der Waals surface area contributed by atoms with E-state index in [1.807, 2.05) is 22.9 Å². The molecule has 0 spiro atoms. The van der Waals surface area contributed by atoms with Crippen LogP contribution in [0.4, 0.5) is 0 Å². The van der Waals surface area contributed by atoms with Crippen molar-refractivity contribution in [3.05, 3.63) is 47.1 Å². The molecule has 3 N–H and O–H groups in total. The Hall–Kier alpha value is -1.79. The highest BCUT2D eigenvalue weighted by atomic mass is 32.2. The number of hydrogen-bond donors (Lipinski definition) is 2. The molecule has 110 valence electrons. The molecule has 6 heteroatoms. The fraction of sp³-hybridized carbons (Fsp3) is 0.333. The lowest BCUT2D eigenvalue weighted by Crippen LogP contribution is -2.25. The van der Waals surface area contributed by atoms with Crippen molar-refractivity contribution in [3.8, 4) is 0 Å². The molecule has 0 aliphatic carbocycles. The predicted octanol–water partition coefficient (Wildman–Crippen LogP) is 2.97. The van der Waals surface area contributed by atoms with Crippen LogP contribution in [0.5, 0.6) is 0 Å². The minimum atomic E-state index is -0.116. The highest BCUT2D eigenvalue weighted by Crippen LogP contribution is 2.30. The van der Waals surface area contributed by atoms with Gasteiger partial charge in [-0.1, -0.05) is 55.9 Å². The van der Waals surface area contributed by atoms with E-state index in [2.05, 4.69) is 47.0 Å². The van der Waals surface area contributed by atoms with E-state index in [0.717, 1.165) is 28.7 Å². The summed E-state index contributed by atoms with van der Waals surface area (Å²) in [6, 6.07) is 10.1. The van der Waals surface area contributed by atoms with Gasteiger partial charge < -0.3 is 5.73 Å². The van der Waals surface area contributed by atoms with Gasteiger partial charge in [0, 0.05) is 5.41 Å².